The number of fused-ring (bicyclic) bond motifs is 1. The summed E-state index contributed by atoms with van der Waals surface area (Å²) in [6.07, 6.45) is 8.68. The summed E-state index contributed by atoms with van der Waals surface area (Å²) in [6, 6.07) is 6.62. The van der Waals surface area contributed by atoms with Crippen molar-refractivity contribution in [2.75, 3.05) is 13.1 Å². The molecule has 8 heteroatoms. The van der Waals surface area contributed by atoms with E-state index in [4.69, 9.17) is 4.74 Å². The molecule has 0 bridgehead atoms. The second-order valence-corrected chi connectivity index (χ2v) is 9.45. The van der Waals surface area contributed by atoms with Crippen LogP contribution in [0.3, 0.4) is 0 Å². The third-order valence-corrected chi connectivity index (χ3v) is 7.28. The van der Waals surface area contributed by atoms with Crippen LogP contribution < -0.4 is 5.32 Å². The summed E-state index contributed by atoms with van der Waals surface area (Å²) in [5, 5.41) is 3.23. The van der Waals surface area contributed by atoms with Gasteiger partial charge in [0.25, 0.3) is 5.91 Å². The number of hydrogen-bond acceptors (Lipinski definition) is 4. The molecule has 3 heterocycles. The highest BCUT2D eigenvalue weighted by Crippen LogP contribution is 2.29. The lowest BCUT2D eigenvalue weighted by atomic mass is 9.92. The molecule has 0 radical (unpaired) electrons. The minimum atomic E-state index is -0.277. The molecule has 5 rings (SSSR count). The molecular formula is C25H31FN4O3. The standard InChI is InChI=1S/C25H31FN4O3/c26-19-8-6-17(7-9-19)22-14-30-16-27-23(21(30)15-33-22)25(32)29-12-10-18(11-13-29)24(31)28-20-4-2-1-3-5-20/h6-9,16,18,20,22H,1-5,10-15H2,(H,28,31)/t22-/m1/s1. The summed E-state index contributed by atoms with van der Waals surface area (Å²) in [7, 11) is 0. The van der Waals surface area contributed by atoms with Gasteiger partial charge < -0.3 is 19.5 Å². The van der Waals surface area contributed by atoms with E-state index < -0.39 is 0 Å². The highest BCUT2D eigenvalue weighted by Gasteiger charge is 2.32. The van der Waals surface area contributed by atoms with Crippen molar-refractivity contribution >= 4 is 11.8 Å². The first-order chi connectivity index (χ1) is 16.1. The van der Waals surface area contributed by atoms with E-state index in [-0.39, 0.29) is 36.3 Å². The molecule has 2 amide bonds. The Balaban J connectivity index is 1.17. The van der Waals surface area contributed by atoms with E-state index in [9.17, 15) is 14.0 Å². The van der Waals surface area contributed by atoms with E-state index in [2.05, 4.69) is 10.3 Å². The van der Waals surface area contributed by atoms with Gasteiger partial charge >= 0.3 is 0 Å². The lowest BCUT2D eigenvalue weighted by Gasteiger charge is -2.33. The molecule has 1 aromatic heterocycles. The van der Waals surface area contributed by atoms with Gasteiger partial charge in [-0.1, -0.05) is 31.4 Å². The Morgan fingerprint density at radius 2 is 1.76 bits per heavy atom. The molecular weight excluding hydrogens is 423 g/mol. The zero-order chi connectivity index (χ0) is 22.8. The average molecular weight is 455 g/mol. The number of rotatable bonds is 4. The van der Waals surface area contributed by atoms with Crippen LogP contribution in [-0.4, -0.2) is 45.4 Å². The molecule has 1 atom stereocenters. The summed E-state index contributed by atoms with van der Waals surface area (Å²) in [4.78, 5) is 32.0. The number of nitrogens with one attached hydrogen (secondary N) is 1. The number of halogens is 1. The van der Waals surface area contributed by atoms with Crippen LogP contribution in [-0.2, 0) is 22.7 Å². The van der Waals surface area contributed by atoms with Crippen LogP contribution in [0.5, 0.6) is 0 Å². The SMILES string of the molecule is O=C(NC1CCCCC1)C1CCN(C(=O)c2ncn3c2CO[C@@H](c2ccc(F)cc2)C3)CC1. The molecule has 33 heavy (non-hydrogen) atoms. The molecule has 3 aliphatic rings. The Morgan fingerprint density at radius 3 is 2.48 bits per heavy atom. The number of benzene rings is 1. The van der Waals surface area contributed by atoms with Gasteiger partial charge in [0, 0.05) is 25.0 Å². The molecule has 7 nitrogen and oxygen atoms in total. The van der Waals surface area contributed by atoms with Gasteiger partial charge in [-0.15, -0.1) is 0 Å². The highest BCUT2D eigenvalue weighted by molar-refractivity contribution is 5.93. The highest BCUT2D eigenvalue weighted by atomic mass is 19.1. The van der Waals surface area contributed by atoms with E-state index >= 15 is 0 Å². The van der Waals surface area contributed by atoms with Gasteiger partial charge in [-0.05, 0) is 43.4 Å². The Bertz CT molecular complexity index is 992. The fraction of sp³-hybridized carbons (Fsp3) is 0.560. The summed E-state index contributed by atoms with van der Waals surface area (Å²) in [5.41, 5.74) is 2.10. The number of ether oxygens (including phenoxy) is 1. The summed E-state index contributed by atoms with van der Waals surface area (Å²) in [5.74, 6) is -0.250. The number of carbonyl (C=O) groups excluding carboxylic acids is 2. The van der Waals surface area contributed by atoms with Crippen molar-refractivity contribution in [3.05, 3.63) is 53.4 Å². The van der Waals surface area contributed by atoms with Crippen molar-refractivity contribution in [3.8, 4) is 0 Å². The van der Waals surface area contributed by atoms with E-state index in [0.29, 0.717) is 44.2 Å². The number of aromatic nitrogens is 2. The molecule has 1 saturated heterocycles. The van der Waals surface area contributed by atoms with E-state index in [1.165, 1.54) is 31.4 Å². The van der Waals surface area contributed by atoms with E-state index in [0.717, 1.165) is 24.1 Å². The lowest BCUT2D eigenvalue weighted by molar-refractivity contribution is -0.127. The molecule has 2 aromatic rings. The molecule has 1 saturated carbocycles. The first-order valence-corrected chi connectivity index (χ1v) is 12.1. The van der Waals surface area contributed by atoms with Crippen LogP contribution in [0.2, 0.25) is 0 Å². The summed E-state index contributed by atoms with van der Waals surface area (Å²) >= 11 is 0. The predicted octanol–water partition coefficient (Wildman–Crippen LogP) is 3.59. The molecule has 176 valence electrons. The number of hydrogen-bond donors (Lipinski definition) is 1. The second-order valence-electron chi connectivity index (χ2n) is 9.45. The normalized spacial score (nSPS) is 22.1. The van der Waals surface area contributed by atoms with Gasteiger partial charge in [-0.2, -0.15) is 0 Å². The zero-order valence-electron chi connectivity index (χ0n) is 18.8. The third-order valence-electron chi connectivity index (χ3n) is 7.28. The van der Waals surface area contributed by atoms with Gasteiger partial charge in [-0.3, -0.25) is 9.59 Å². The van der Waals surface area contributed by atoms with Crippen LogP contribution >= 0.6 is 0 Å². The molecule has 2 fully saturated rings. The Kier molecular flexibility index (Phi) is 6.44. The average Bonchev–Trinajstić information content (AvgIpc) is 3.28. The zero-order valence-corrected chi connectivity index (χ0v) is 18.8. The molecule has 1 aliphatic carbocycles. The largest absolute Gasteiger partial charge is 0.365 e. The number of nitrogens with zero attached hydrogens (tertiary/aromatic N) is 3. The third kappa shape index (κ3) is 4.81. The van der Waals surface area contributed by atoms with Crippen LogP contribution in [0.1, 0.15) is 72.8 Å². The lowest BCUT2D eigenvalue weighted by Crippen LogP contribution is -2.46. The van der Waals surface area contributed by atoms with Crippen molar-refractivity contribution in [3.63, 3.8) is 0 Å². The molecule has 1 aromatic carbocycles. The number of carbonyl (C=O) groups is 2. The van der Waals surface area contributed by atoms with E-state index in [1.54, 1.807) is 23.4 Å². The Hall–Kier alpha value is -2.74. The van der Waals surface area contributed by atoms with Gasteiger partial charge in [0.2, 0.25) is 5.91 Å². The summed E-state index contributed by atoms with van der Waals surface area (Å²) < 4.78 is 21.1. The van der Waals surface area contributed by atoms with Crippen molar-refractivity contribution < 1.29 is 18.7 Å². The fourth-order valence-electron chi connectivity index (χ4n) is 5.25. The minimum Gasteiger partial charge on any atom is -0.365 e. The predicted molar refractivity (Wildman–Crippen MR) is 120 cm³/mol. The van der Waals surface area contributed by atoms with Gasteiger partial charge in [0.15, 0.2) is 5.69 Å². The maximum Gasteiger partial charge on any atom is 0.274 e. The number of piperidine rings is 1. The van der Waals surface area contributed by atoms with Gasteiger partial charge in [-0.25, -0.2) is 9.37 Å². The number of likely N-dealkylation sites (tertiary alicyclic amines) is 1. The van der Waals surface area contributed by atoms with Crippen molar-refractivity contribution in [1.29, 1.82) is 0 Å². The monoisotopic (exact) mass is 454 g/mol. The quantitative estimate of drug-likeness (QED) is 0.766. The van der Waals surface area contributed by atoms with Crippen LogP contribution in [0.25, 0.3) is 0 Å². The number of amides is 2. The molecule has 2 aliphatic heterocycles. The topological polar surface area (TPSA) is 76.5 Å². The van der Waals surface area contributed by atoms with Crippen molar-refractivity contribution in [2.45, 2.75) is 70.2 Å². The molecule has 0 unspecified atom stereocenters. The van der Waals surface area contributed by atoms with Crippen LogP contribution in [0.4, 0.5) is 4.39 Å². The molecule has 0 spiro atoms. The molecule has 1 N–H and O–H groups in total. The van der Waals surface area contributed by atoms with Crippen molar-refractivity contribution in [2.24, 2.45) is 5.92 Å². The maximum absolute atomic E-state index is 13.2. The maximum atomic E-state index is 13.2. The second kappa shape index (κ2) is 9.63. The van der Waals surface area contributed by atoms with Crippen molar-refractivity contribution in [1.82, 2.24) is 19.8 Å². The van der Waals surface area contributed by atoms with Gasteiger partial charge in [0.05, 0.1) is 25.2 Å². The van der Waals surface area contributed by atoms with E-state index in [1.807, 2.05) is 4.57 Å². The smallest absolute Gasteiger partial charge is 0.274 e. The minimum absolute atomic E-state index is 0.0216. The first kappa shape index (κ1) is 22.1. The Morgan fingerprint density at radius 1 is 1.03 bits per heavy atom. The van der Waals surface area contributed by atoms with Crippen LogP contribution in [0, 0.1) is 11.7 Å². The fourth-order valence-corrected chi connectivity index (χ4v) is 5.25. The number of imidazole rings is 1. The van der Waals surface area contributed by atoms with Gasteiger partial charge in [0.1, 0.15) is 11.9 Å². The van der Waals surface area contributed by atoms with Crippen LogP contribution in [0.15, 0.2) is 30.6 Å². The first-order valence-electron chi connectivity index (χ1n) is 12.1. The summed E-state index contributed by atoms with van der Waals surface area (Å²) in [6.45, 7) is 1.94. The Labute approximate surface area is 193 Å².